The van der Waals surface area contributed by atoms with Crippen molar-refractivity contribution < 1.29 is 18.2 Å². The topological polar surface area (TPSA) is 0 Å². The van der Waals surface area contributed by atoms with E-state index >= 15 is 0 Å². The summed E-state index contributed by atoms with van der Waals surface area (Å²) < 4.78 is 25.0. The van der Waals surface area contributed by atoms with E-state index < -0.39 is 11.6 Å². The van der Waals surface area contributed by atoms with E-state index in [0.29, 0.717) is 3.57 Å². The predicted octanol–water partition coefficient (Wildman–Crippen LogP) is 2.87. The zero-order valence-corrected chi connectivity index (χ0v) is 7.34. The molecule has 0 saturated carbocycles. The molecule has 0 nitrogen and oxygen atoms in total. The Balaban J connectivity index is 0. The van der Waals surface area contributed by atoms with Crippen molar-refractivity contribution in [3.8, 4) is 0 Å². The Morgan fingerprint density at radius 2 is 1.55 bits per heavy atom. The molecule has 0 amide bonds. The van der Waals surface area contributed by atoms with Gasteiger partial charge in [0.05, 0.1) is 0 Å². The van der Waals surface area contributed by atoms with Gasteiger partial charge >= 0.3 is 0 Å². The Bertz CT molecular complexity index is 226. The van der Waals surface area contributed by atoms with Crippen LogP contribution in [0.2, 0.25) is 0 Å². The predicted molar refractivity (Wildman–Crippen MR) is 44.1 cm³/mol. The maximum Gasteiger partial charge on any atom is 0.159 e. The molecular formula is C6H5F4I. The van der Waals surface area contributed by atoms with Crippen molar-refractivity contribution in [2.24, 2.45) is 0 Å². The van der Waals surface area contributed by atoms with Crippen molar-refractivity contribution >= 4 is 22.6 Å². The molecule has 0 fully saturated rings. The maximum absolute atomic E-state index is 12.2. The van der Waals surface area contributed by atoms with Gasteiger partial charge in [-0.2, -0.15) is 0 Å². The monoisotopic (exact) mass is 280 g/mol. The van der Waals surface area contributed by atoms with Crippen LogP contribution in [-0.2, 0) is 0 Å². The Labute approximate surface area is 74.5 Å². The molecule has 1 aromatic rings. The van der Waals surface area contributed by atoms with E-state index in [9.17, 15) is 8.78 Å². The summed E-state index contributed by atoms with van der Waals surface area (Å²) in [7, 11) is 0. The number of hydrogen-bond acceptors (Lipinski definition) is 0. The smallest absolute Gasteiger partial charge is 0.159 e. The molecule has 5 heteroatoms. The van der Waals surface area contributed by atoms with Gasteiger partial charge in [0.25, 0.3) is 0 Å². The quantitative estimate of drug-likeness (QED) is 0.389. The van der Waals surface area contributed by atoms with Crippen LogP contribution in [-0.4, -0.2) is 0 Å². The molecular weight excluding hydrogens is 275 g/mol. The van der Waals surface area contributed by atoms with Gasteiger partial charge in [-0.15, -0.1) is 0 Å². The Morgan fingerprint density at radius 3 is 1.91 bits per heavy atom. The Morgan fingerprint density at radius 1 is 1.00 bits per heavy atom. The van der Waals surface area contributed by atoms with Gasteiger partial charge in [-0.05, 0) is 40.8 Å². The van der Waals surface area contributed by atoms with Crippen LogP contribution in [0.25, 0.3) is 0 Å². The lowest BCUT2D eigenvalue weighted by Gasteiger charge is -1.90. The van der Waals surface area contributed by atoms with Crippen LogP contribution in [0.4, 0.5) is 18.2 Å². The maximum atomic E-state index is 12.2. The molecule has 0 aliphatic carbocycles. The standard InChI is InChI=1S/C6H3F2I.2FH/c7-5-2-1-4(9)3-6(5)8;;/h1-3H;2*1H. The van der Waals surface area contributed by atoms with Crippen LogP contribution in [0.5, 0.6) is 0 Å². The number of rotatable bonds is 0. The lowest BCUT2D eigenvalue weighted by Crippen LogP contribution is -1.82. The van der Waals surface area contributed by atoms with E-state index in [1.807, 2.05) is 22.6 Å². The van der Waals surface area contributed by atoms with Crippen molar-refractivity contribution in [3.05, 3.63) is 33.4 Å². The summed E-state index contributed by atoms with van der Waals surface area (Å²) in [6.45, 7) is 0. The average Bonchev–Trinajstić information content (AvgIpc) is 1.80. The van der Waals surface area contributed by atoms with Gasteiger partial charge in [-0.25, -0.2) is 8.78 Å². The summed E-state index contributed by atoms with van der Waals surface area (Å²) in [5.74, 6) is -1.59. The Kier molecular flexibility index (Phi) is 6.44. The number of halogens is 5. The van der Waals surface area contributed by atoms with Crippen LogP contribution in [0.15, 0.2) is 18.2 Å². The summed E-state index contributed by atoms with van der Waals surface area (Å²) in [6, 6.07) is 3.77. The first-order chi connectivity index (χ1) is 4.20. The third-order valence-corrected chi connectivity index (χ3v) is 1.55. The molecule has 1 rings (SSSR count). The zero-order chi connectivity index (χ0) is 6.85. The SMILES string of the molecule is F.F.Fc1ccc(I)cc1F. The molecule has 0 radical (unpaired) electrons. The highest BCUT2D eigenvalue weighted by atomic mass is 127. The van der Waals surface area contributed by atoms with Crippen LogP contribution >= 0.6 is 22.6 Å². The molecule has 0 unspecified atom stereocenters. The number of hydrogen-bond donors (Lipinski definition) is 0. The van der Waals surface area contributed by atoms with Gasteiger partial charge in [0.1, 0.15) is 0 Å². The largest absolute Gasteiger partial charge is 0.269 e. The summed E-state index contributed by atoms with van der Waals surface area (Å²) in [4.78, 5) is 0. The van der Waals surface area contributed by atoms with E-state index in [1.54, 1.807) is 0 Å². The highest BCUT2D eigenvalue weighted by Gasteiger charge is 1.98. The fourth-order valence-corrected chi connectivity index (χ4v) is 0.924. The van der Waals surface area contributed by atoms with E-state index in [2.05, 4.69) is 0 Å². The molecule has 0 aliphatic heterocycles. The molecule has 64 valence electrons. The van der Waals surface area contributed by atoms with E-state index in [1.165, 1.54) is 6.07 Å². The second kappa shape index (κ2) is 5.34. The van der Waals surface area contributed by atoms with E-state index in [0.717, 1.165) is 12.1 Å². The molecule has 0 aromatic heterocycles. The van der Waals surface area contributed by atoms with Gasteiger partial charge in [-0.3, -0.25) is 9.41 Å². The van der Waals surface area contributed by atoms with Crippen LogP contribution in [0.3, 0.4) is 0 Å². The van der Waals surface area contributed by atoms with Crippen molar-refractivity contribution in [2.45, 2.75) is 0 Å². The van der Waals surface area contributed by atoms with Gasteiger partial charge in [-0.1, -0.05) is 0 Å². The highest BCUT2D eigenvalue weighted by molar-refractivity contribution is 14.1. The van der Waals surface area contributed by atoms with Gasteiger partial charge in [0.2, 0.25) is 0 Å². The zero-order valence-electron chi connectivity index (χ0n) is 5.18. The summed E-state index contributed by atoms with van der Waals surface area (Å²) in [6.07, 6.45) is 0. The van der Waals surface area contributed by atoms with Crippen molar-refractivity contribution in [1.29, 1.82) is 0 Å². The molecule has 0 heterocycles. The van der Waals surface area contributed by atoms with Gasteiger partial charge < -0.3 is 0 Å². The average molecular weight is 280 g/mol. The molecule has 1 aromatic carbocycles. The molecule has 0 spiro atoms. The molecule has 0 bridgehead atoms. The minimum absolute atomic E-state index is 0. The molecule has 11 heavy (non-hydrogen) atoms. The van der Waals surface area contributed by atoms with Crippen LogP contribution in [0.1, 0.15) is 0 Å². The lowest BCUT2D eigenvalue weighted by atomic mass is 10.3. The molecule has 0 saturated heterocycles. The molecule has 0 N–H and O–H groups in total. The summed E-state index contributed by atoms with van der Waals surface area (Å²) in [5.41, 5.74) is 0. The number of benzene rings is 1. The van der Waals surface area contributed by atoms with Crippen LogP contribution in [0, 0.1) is 15.2 Å². The summed E-state index contributed by atoms with van der Waals surface area (Å²) in [5, 5.41) is 0. The minimum atomic E-state index is -0.796. The van der Waals surface area contributed by atoms with Crippen molar-refractivity contribution in [1.82, 2.24) is 0 Å². The van der Waals surface area contributed by atoms with Gasteiger partial charge in [0.15, 0.2) is 11.6 Å². The fourth-order valence-electron chi connectivity index (χ4n) is 0.470. The Hall–Kier alpha value is -0.330. The first-order valence-electron chi connectivity index (χ1n) is 2.30. The third kappa shape index (κ3) is 3.54. The van der Waals surface area contributed by atoms with E-state index in [-0.39, 0.29) is 9.41 Å². The first-order valence-corrected chi connectivity index (χ1v) is 3.38. The normalized spacial score (nSPS) is 7.91. The molecule has 0 atom stereocenters. The van der Waals surface area contributed by atoms with E-state index in [4.69, 9.17) is 0 Å². The lowest BCUT2D eigenvalue weighted by molar-refractivity contribution is 0.508. The van der Waals surface area contributed by atoms with Crippen molar-refractivity contribution in [3.63, 3.8) is 0 Å². The molecule has 0 aliphatic rings. The minimum Gasteiger partial charge on any atom is -0.269 e. The van der Waals surface area contributed by atoms with Crippen molar-refractivity contribution in [2.75, 3.05) is 0 Å². The van der Waals surface area contributed by atoms with Crippen LogP contribution < -0.4 is 0 Å². The summed E-state index contributed by atoms with van der Waals surface area (Å²) >= 11 is 1.92. The third-order valence-electron chi connectivity index (χ3n) is 0.882. The van der Waals surface area contributed by atoms with Gasteiger partial charge in [0, 0.05) is 3.57 Å². The fraction of sp³-hybridized carbons (Fsp3) is 0. The highest BCUT2D eigenvalue weighted by Crippen LogP contribution is 2.09. The second-order valence-corrected chi connectivity index (χ2v) is 2.80. The first kappa shape index (κ1) is 13.3. The second-order valence-electron chi connectivity index (χ2n) is 1.56.